The molecule has 1 unspecified atom stereocenters. The molecule has 6 nitrogen and oxygen atoms in total. The molecule has 1 aliphatic rings. The lowest BCUT2D eigenvalue weighted by Gasteiger charge is -2.24. The predicted octanol–water partition coefficient (Wildman–Crippen LogP) is 1.76. The molecule has 4 N–H and O–H groups in total. The van der Waals surface area contributed by atoms with E-state index in [0.717, 1.165) is 17.6 Å². The average Bonchev–Trinajstić information content (AvgIpc) is 3.18. The molecule has 0 aromatic carbocycles. The summed E-state index contributed by atoms with van der Waals surface area (Å²) in [5, 5.41) is 6.94. The first-order chi connectivity index (χ1) is 9.90. The van der Waals surface area contributed by atoms with Crippen LogP contribution in [0.25, 0.3) is 0 Å². The Morgan fingerprint density at radius 3 is 2.71 bits per heavy atom. The van der Waals surface area contributed by atoms with Gasteiger partial charge in [0, 0.05) is 24.7 Å². The smallest absolute Gasteiger partial charge is 0.258 e. The van der Waals surface area contributed by atoms with Crippen molar-refractivity contribution < 1.29 is 4.79 Å². The first-order valence-corrected chi connectivity index (χ1v) is 8.19. The van der Waals surface area contributed by atoms with E-state index in [2.05, 4.69) is 33.9 Å². The molecule has 7 heteroatoms. The van der Waals surface area contributed by atoms with Gasteiger partial charge in [0.05, 0.1) is 0 Å². The van der Waals surface area contributed by atoms with Gasteiger partial charge in [-0.1, -0.05) is 0 Å². The van der Waals surface area contributed by atoms with Gasteiger partial charge in [-0.3, -0.25) is 9.69 Å². The fraction of sp³-hybridized carbons (Fsp3) is 0.714. The predicted molar refractivity (Wildman–Crippen MR) is 87.9 cm³/mol. The van der Waals surface area contributed by atoms with Gasteiger partial charge in [-0.2, -0.15) is 4.37 Å². The third kappa shape index (κ3) is 4.07. The van der Waals surface area contributed by atoms with Crippen molar-refractivity contribution in [2.24, 2.45) is 0 Å². The van der Waals surface area contributed by atoms with Crippen LogP contribution in [0.15, 0.2) is 0 Å². The summed E-state index contributed by atoms with van der Waals surface area (Å²) in [6.07, 6.45) is 2.58. The Morgan fingerprint density at radius 1 is 1.48 bits per heavy atom. The van der Waals surface area contributed by atoms with Crippen LogP contribution in [0.3, 0.4) is 0 Å². The molecule has 1 heterocycles. The second-order valence-corrected chi connectivity index (χ2v) is 6.80. The van der Waals surface area contributed by atoms with Crippen molar-refractivity contribution in [1.29, 1.82) is 0 Å². The van der Waals surface area contributed by atoms with E-state index >= 15 is 0 Å². The molecule has 118 valence electrons. The summed E-state index contributed by atoms with van der Waals surface area (Å²) < 4.78 is 4.10. The normalized spacial score (nSPS) is 16.3. The number of hydrogen-bond acceptors (Lipinski definition) is 6. The number of nitrogens with two attached hydrogens (primary N) is 1. The average molecular weight is 311 g/mol. The largest absolute Gasteiger partial charge is 0.382 e. The highest BCUT2D eigenvalue weighted by Crippen LogP contribution is 2.29. The Labute approximate surface area is 130 Å². The number of carbonyl (C=O) groups excluding carboxylic acids is 1. The van der Waals surface area contributed by atoms with Crippen molar-refractivity contribution in [3.8, 4) is 0 Å². The fourth-order valence-electron chi connectivity index (χ4n) is 2.20. The minimum atomic E-state index is -0.165. The van der Waals surface area contributed by atoms with E-state index in [0.29, 0.717) is 17.4 Å². The Bertz CT molecular complexity index is 498. The third-order valence-corrected chi connectivity index (χ3v) is 4.56. The van der Waals surface area contributed by atoms with Gasteiger partial charge in [0.1, 0.15) is 10.6 Å². The molecule has 1 aromatic rings. The van der Waals surface area contributed by atoms with Gasteiger partial charge in [0.25, 0.3) is 5.91 Å². The molecule has 0 radical (unpaired) electrons. The molecule has 2 rings (SSSR count). The van der Waals surface area contributed by atoms with E-state index < -0.39 is 0 Å². The summed E-state index contributed by atoms with van der Waals surface area (Å²) >= 11 is 1.24. The fourth-order valence-corrected chi connectivity index (χ4v) is 2.92. The summed E-state index contributed by atoms with van der Waals surface area (Å²) in [6.45, 7) is 6.81. The number of nitrogens with zero attached hydrogens (tertiary/aromatic N) is 2. The second-order valence-electron chi connectivity index (χ2n) is 6.03. The Balaban J connectivity index is 1.98. The van der Waals surface area contributed by atoms with Crippen molar-refractivity contribution in [1.82, 2.24) is 14.6 Å². The summed E-state index contributed by atoms with van der Waals surface area (Å²) in [5.41, 5.74) is 6.30. The molecule has 0 saturated heterocycles. The topological polar surface area (TPSA) is 83.3 Å². The molecule has 1 fully saturated rings. The minimum absolute atomic E-state index is 0.0737. The van der Waals surface area contributed by atoms with Crippen LogP contribution in [-0.2, 0) is 0 Å². The quantitative estimate of drug-likeness (QED) is 0.714. The minimum Gasteiger partial charge on any atom is -0.382 e. The lowest BCUT2D eigenvalue weighted by Crippen LogP contribution is -2.36. The maximum absolute atomic E-state index is 12.2. The standard InChI is InChI=1S/C14H25N5OS/c1-8(2)17-13(20)11-12(15)18-21-14(11)16-7-9(3)19(4)10-5-6-10/h8-10,16H,5-7H2,1-4H3,(H2,15,18)(H,17,20). The number of likely N-dealkylation sites (N-methyl/N-ethyl adjacent to an activating group) is 1. The highest BCUT2D eigenvalue weighted by Gasteiger charge is 2.29. The van der Waals surface area contributed by atoms with Gasteiger partial charge in [0.15, 0.2) is 5.82 Å². The molecule has 1 amide bonds. The molecule has 0 aliphatic heterocycles. The number of carbonyl (C=O) groups is 1. The van der Waals surface area contributed by atoms with Crippen LogP contribution in [-0.4, -0.2) is 46.9 Å². The highest BCUT2D eigenvalue weighted by molar-refractivity contribution is 7.11. The van der Waals surface area contributed by atoms with Crippen LogP contribution in [0.2, 0.25) is 0 Å². The number of rotatable bonds is 7. The number of nitrogen functional groups attached to an aromatic ring is 1. The Morgan fingerprint density at radius 2 is 2.14 bits per heavy atom. The molecular formula is C14H25N5OS. The second kappa shape index (κ2) is 6.62. The van der Waals surface area contributed by atoms with E-state index in [1.807, 2.05) is 13.8 Å². The Hall–Kier alpha value is -1.34. The van der Waals surface area contributed by atoms with Gasteiger partial charge >= 0.3 is 0 Å². The number of anilines is 2. The zero-order valence-electron chi connectivity index (χ0n) is 13.1. The number of aromatic nitrogens is 1. The zero-order valence-corrected chi connectivity index (χ0v) is 14.0. The summed E-state index contributed by atoms with van der Waals surface area (Å²) in [6, 6.07) is 1.20. The van der Waals surface area contributed by atoms with Crippen molar-refractivity contribution >= 4 is 28.3 Å². The van der Waals surface area contributed by atoms with Crippen LogP contribution < -0.4 is 16.4 Å². The van der Waals surface area contributed by atoms with E-state index in [-0.39, 0.29) is 11.9 Å². The Kier molecular flexibility index (Phi) is 5.05. The molecule has 1 saturated carbocycles. The number of nitrogens with one attached hydrogen (secondary N) is 2. The first-order valence-electron chi connectivity index (χ1n) is 7.42. The molecule has 0 spiro atoms. The van der Waals surface area contributed by atoms with Crippen LogP contribution in [0.1, 0.15) is 44.0 Å². The number of amides is 1. The number of hydrogen-bond donors (Lipinski definition) is 3. The van der Waals surface area contributed by atoms with Gasteiger partial charge in [-0.25, -0.2) is 0 Å². The molecule has 1 aliphatic carbocycles. The summed E-state index contributed by atoms with van der Waals surface area (Å²) in [5.74, 6) is 0.130. The summed E-state index contributed by atoms with van der Waals surface area (Å²) in [7, 11) is 2.15. The van der Waals surface area contributed by atoms with Crippen molar-refractivity contribution in [3.63, 3.8) is 0 Å². The van der Waals surface area contributed by atoms with Gasteiger partial charge in [-0.05, 0) is 52.2 Å². The van der Waals surface area contributed by atoms with Gasteiger partial charge in [-0.15, -0.1) is 0 Å². The van der Waals surface area contributed by atoms with Crippen molar-refractivity contribution in [3.05, 3.63) is 5.56 Å². The lowest BCUT2D eigenvalue weighted by molar-refractivity contribution is 0.0945. The van der Waals surface area contributed by atoms with Crippen LogP contribution >= 0.6 is 11.5 Å². The van der Waals surface area contributed by atoms with Crippen LogP contribution in [0.5, 0.6) is 0 Å². The van der Waals surface area contributed by atoms with E-state index in [9.17, 15) is 4.79 Å². The van der Waals surface area contributed by atoms with Crippen LogP contribution in [0, 0.1) is 0 Å². The van der Waals surface area contributed by atoms with Crippen molar-refractivity contribution in [2.75, 3.05) is 24.6 Å². The SMILES string of the molecule is CC(C)NC(=O)c1c(N)nsc1NCC(C)N(C)C1CC1. The highest BCUT2D eigenvalue weighted by atomic mass is 32.1. The third-order valence-electron chi connectivity index (χ3n) is 3.74. The van der Waals surface area contributed by atoms with Crippen molar-refractivity contribution in [2.45, 2.75) is 51.7 Å². The zero-order chi connectivity index (χ0) is 15.6. The van der Waals surface area contributed by atoms with Gasteiger partial charge < -0.3 is 16.4 Å². The summed E-state index contributed by atoms with van der Waals surface area (Å²) in [4.78, 5) is 14.6. The first kappa shape index (κ1) is 16.0. The molecular weight excluding hydrogens is 286 g/mol. The maximum Gasteiger partial charge on any atom is 0.258 e. The molecule has 21 heavy (non-hydrogen) atoms. The molecule has 1 aromatic heterocycles. The molecule has 1 atom stereocenters. The maximum atomic E-state index is 12.2. The van der Waals surface area contributed by atoms with E-state index in [4.69, 9.17) is 5.73 Å². The van der Waals surface area contributed by atoms with Crippen LogP contribution in [0.4, 0.5) is 10.8 Å². The van der Waals surface area contributed by atoms with Gasteiger partial charge in [0.2, 0.25) is 0 Å². The molecule has 0 bridgehead atoms. The van der Waals surface area contributed by atoms with E-state index in [1.54, 1.807) is 0 Å². The van der Waals surface area contributed by atoms with E-state index in [1.165, 1.54) is 24.4 Å². The monoisotopic (exact) mass is 311 g/mol. The lowest BCUT2D eigenvalue weighted by atomic mass is 10.2.